The Morgan fingerprint density at radius 3 is 2.81 bits per heavy atom. The summed E-state index contributed by atoms with van der Waals surface area (Å²) >= 11 is 0. The van der Waals surface area contributed by atoms with Crippen LogP contribution < -0.4 is 5.56 Å². The van der Waals surface area contributed by atoms with Gasteiger partial charge in [0, 0.05) is 12.0 Å². The highest BCUT2D eigenvalue weighted by molar-refractivity contribution is 5.67. The van der Waals surface area contributed by atoms with Crippen LogP contribution >= 0.6 is 0 Å². The molecule has 8 heteroatoms. The van der Waals surface area contributed by atoms with Crippen LogP contribution in [0.25, 0.3) is 11.5 Å². The van der Waals surface area contributed by atoms with E-state index >= 15 is 0 Å². The third-order valence-electron chi connectivity index (χ3n) is 5.01. The van der Waals surface area contributed by atoms with Crippen LogP contribution in [-0.4, -0.2) is 31.4 Å². The molecule has 1 saturated carbocycles. The summed E-state index contributed by atoms with van der Waals surface area (Å²) in [6.07, 6.45) is 9.27. The van der Waals surface area contributed by atoms with Crippen molar-refractivity contribution in [3.8, 4) is 11.5 Å². The molecule has 0 aliphatic heterocycles. The van der Waals surface area contributed by atoms with Crippen molar-refractivity contribution < 1.29 is 14.4 Å². The van der Waals surface area contributed by atoms with Crippen LogP contribution in [0.2, 0.25) is 0 Å². The first-order chi connectivity index (χ1) is 12.6. The van der Waals surface area contributed by atoms with E-state index in [2.05, 4.69) is 20.3 Å². The third kappa shape index (κ3) is 5.00. The number of hydrogen-bond acceptors (Lipinski definition) is 6. The van der Waals surface area contributed by atoms with Crippen LogP contribution in [0.4, 0.5) is 0 Å². The summed E-state index contributed by atoms with van der Waals surface area (Å²) in [7, 11) is 0. The Morgan fingerprint density at radius 1 is 1.31 bits per heavy atom. The molecule has 1 fully saturated rings. The lowest BCUT2D eigenvalue weighted by Gasteiger charge is -2.21. The van der Waals surface area contributed by atoms with Crippen LogP contribution in [0.15, 0.2) is 21.5 Å². The molecule has 0 bridgehead atoms. The van der Waals surface area contributed by atoms with E-state index in [4.69, 9.17) is 4.52 Å². The highest BCUT2D eigenvalue weighted by Crippen LogP contribution is 2.31. The first-order valence-corrected chi connectivity index (χ1v) is 9.23. The van der Waals surface area contributed by atoms with E-state index in [1.807, 2.05) is 0 Å². The van der Waals surface area contributed by atoms with E-state index in [1.165, 1.54) is 44.2 Å². The molecular formula is C18H24N4O4. The van der Waals surface area contributed by atoms with Gasteiger partial charge in [0.25, 0.3) is 5.56 Å². The average molecular weight is 360 g/mol. The number of aromatic nitrogens is 4. The summed E-state index contributed by atoms with van der Waals surface area (Å²) in [4.78, 5) is 26.6. The lowest BCUT2D eigenvalue weighted by Crippen LogP contribution is -2.10. The van der Waals surface area contributed by atoms with Gasteiger partial charge in [0.15, 0.2) is 0 Å². The van der Waals surface area contributed by atoms with Crippen LogP contribution in [0.1, 0.15) is 69.6 Å². The Bertz CT molecular complexity index is 759. The zero-order valence-electron chi connectivity index (χ0n) is 14.7. The summed E-state index contributed by atoms with van der Waals surface area (Å²) in [5.41, 5.74) is 0.0693. The molecule has 1 unspecified atom stereocenters. The highest BCUT2D eigenvalue weighted by atomic mass is 16.5. The number of hydrogen-bond donors (Lipinski definition) is 2. The van der Waals surface area contributed by atoms with Gasteiger partial charge in [-0.15, -0.1) is 0 Å². The Kier molecular flexibility index (Phi) is 6.14. The molecule has 0 spiro atoms. The Labute approximate surface area is 151 Å². The second kappa shape index (κ2) is 8.73. The molecule has 8 nitrogen and oxygen atoms in total. The molecule has 2 aromatic heterocycles. The summed E-state index contributed by atoms with van der Waals surface area (Å²) in [5, 5.41) is 19.3. The standard InChI is InChI=1S/C18H24N4O4/c23-15-10-9-14(20-21-15)17-19-18(26-22-17)13(11-16(24)25)8-4-7-12-5-2-1-3-6-12/h9-10,12-13H,1-8,11H2,(H,21,23)(H,24,25). The van der Waals surface area contributed by atoms with E-state index in [1.54, 1.807) is 0 Å². The van der Waals surface area contributed by atoms with E-state index in [0.717, 1.165) is 18.8 Å². The van der Waals surface area contributed by atoms with Crippen molar-refractivity contribution in [2.75, 3.05) is 0 Å². The average Bonchev–Trinajstić information content (AvgIpc) is 3.12. The van der Waals surface area contributed by atoms with Crippen LogP contribution in [-0.2, 0) is 4.79 Å². The molecule has 140 valence electrons. The van der Waals surface area contributed by atoms with Crippen molar-refractivity contribution in [2.45, 2.75) is 63.7 Å². The maximum atomic E-state index is 11.2. The Balaban J connectivity index is 1.64. The molecule has 26 heavy (non-hydrogen) atoms. The number of nitrogens with one attached hydrogen (secondary N) is 1. The van der Waals surface area contributed by atoms with Crippen LogP contribution in [0, 0.1) is 5.92 Å². The van der Waals surface area contributed by atoms with Crippen molar-refractivity contribution in [3.05, 3.63) is 28.4 Å². The van der Waals surface area contributed by atoms with Crippen molar-refractivity contribution >= 4 is 5.97 Å². The second-order valence-corrected chi connectivity index (χ2v) is 6.99. The first kappa shape index (κ1) is 18.3. The van der Waals surface area contributed by atoms with E-state index < -0.39 is 5.97 Å². The minimum absolute atomic E-state index is 0.0364. The minimum atomic E-state index is -0.880. The van der Waals surface area contributed by atoms with Gasteiger partial charge in [0.05, 0.1) is 6.42 Å². The lowest BCUT2D eigenvalue weighted by atomic mass is 9.84. The maximum absolute atomic E-state index is 11.2. The lowest BCUT2D eigenvalue weighted by molar-refractivity contribution is -0.137. The van der Waals surface area contributed by atoms with E-state index in [0.29, 0.717) is 18.0 Å². The quantitative estimate of drug-likeness (QED) is 0.741. The topological polar surface area (TPSA) is 122 Å². The largest absolute Gasteiger partial charge is 0.481 e. The zero-order chi connectivity index (χ0) is 18.4. The van der Waals surface area contributed by atoms with Crippen molar-refractivity contribution in [1.29, 1.82) is 0 Å². The van der Waals surface area contributed by atoms with Gasteiger partial charge in [-0.25, -0.2) is 5.10 Å². The zero-order valence-corrected chi connectivity index (χ0v) is 14.7. The predicted molar refractivity (Wildman–Crippen MR) is 93.6 cm³/mol. The number of aliphatic carboxylic acids is 1. The Morgan fingerprint density at radius 2 is 2.12 bits per heavy atom. The fraction of sp³-hybridized carbons (Fsp3) is 0.611. The van der Waals surface area contributed by atoms with Gasteiger partial charge in [0.1, 0.15) is 5.69 Å². The van der Waals surface area contributed by atoms with Crippen LogP contribution in [0.5, 0.6) is 0 Å². The molecule has 1 aliphatic rings. The number of carbonyl (C=O) groups is 1. The molecule has 2 aromatic rings. The summed E-state index contributed by atoms with van der Waals surface area (Å²) in [5.74, 6) is 0.144. The fourth-order valence-corrected chi connectivity index (χ4v) is 3.63. The van der Waals surface area contributed by atoms with Gasteiger partial charge >= 0.3 is 5.97 Å². The number of rotatable bonds is 8. The molecule has 1 atom stereocenters. The van der Waals surface area contributed by atoms with Crippen molar-refractivity contribution in [2.24, 2.45) is 5.92 Å². The molecule has 0 aromatic carbocycles. The van der Waals surface area contributed by atoms with E-state index in [-0.39, 0.29) is 23.7 Å². The normalized spacial score (nSPS) is 16.5. The Hall–Kier alpha value is -2.51. The van der Waals surface area contributed by atoms with Crippen molar-refractivity contribution in [1.82, 2.24) is 20.3 Å². The first-order valence-electron chi connectivity index (χ1n) is 9.23. The number of nitrogens with zero attached hydrogens (tertiary/aromatic N) is 3. The number of aromatic amines is 1. The van der Waals surface area contributed by atoms with Crippen LogP contribution in [0.3, 0.4) is 0 Å². The third-order valence-corrected chi connectivity index (χ3v) is 5.01. The van der Waals surface area contributed by atoms with Gasteiger partial charge in [0.2, 0.25) is 11.7 Å². The van der Waals surface area contributed by atoms with Gasteiger partial charge < -0.3 is 9.63 Å². The number of H-pyrrole nitrogens is 1. The number of carboxylic acid groups (broad SMARTS) is 1. The molecule has 0 amide bonds. The van der Waals surface area contributed by atoms with Gasteiger partial charge in [-0.2, -0.15) is 10.1 Å². The monoisotopic (exact) mass is 360 g/mol. The fourth-order valence-electron chi connectivity index (χ4n) is 3.63. The molecule has 0 radical (unpaired) electrons. The highest BCUT2D eigenvalue weighted by Gasteiger charge is 2.23. The summed E-state index contributed by atoms with van der Waals surface area (Å²) < 4.78 is 5.30. The summed E-state index contributed by atoms with van der Waals surface area (Å²) in [6, 6.07) is 2.83. The van der Waals surface area contributed by atoms with Gasteiger partial charge in [-0.3, -0.25) is 9.59 Å². The second-order valence-electron chi connectivity index (χ2n) is 6.99. The van der Waals surface area contributed by atoms with Crippen molar-refractivity contribution in [3.63, 3.8) is 0 Å². The van der Waals surface area contributed by atoms with Gasteiger partial charge in [-0.1, -0.05) is 50.1 Å². The SMILES string of the molecule is O=C(O)CC(CCCC1CCCCC1)c1nc(-c2ccc(=O)[nH]n2)no1. The minimum Gasteiger partial charge on any atom is -0.481 e. The molecular weight excluding hydrogens is 336 g/mol. The maximum Gasteiger partial charge on any atom is 0.304 e. The molecule has 2 heterocycles. The molecule has 3 rings (SSSR count). The van der Waals surface area contributed by atoms with Gasteiger partial charge in [-0.05, 0) is 18.4 Å². The number of carboxylic acids is 1. The molecule has 0 saturated heterocycles. The smallest absolute Gasteiger partial charge is 0.304 e. The predicted octanol–water partition coefficient (Wildman–Crippen LogP) is 3.13. The summed E-state index contributed by atoms with van der Waals surface area (Å²) in [6.45, 7) is 0. The van der Waals surface area contributed by atoms with E-state index in [9.17, 15) is 14.7 Å². The molecule has 2 N–H and O–H groups in total. The molecule has 1 aliphatic carbocycles.